The molecular weight excluding hydrogens is 360 g/mol. The summed E-state index contributed by atoms with van der Waals surface area (Å²) in [6, 6.07) is 22.0. The van der Waals surface area contributed by atoms with Crippen LogP contribution in [-0.4, -0.2) is 47.5 Å². The molecule has 0 atom stereocenters. The third kappa shape index (κ3) is 3.36. The van der Waals surface area contributed by atoms with Crippen LogP contribution in [0.15, 0.2) is 78.5 Å². The van der Waals surface area contributed by atoms with Crippen LogP contribution >= 0.6 is 0 Å². The molecule has 5 rings (SSSR count). The zero-order chi connectivity index (χ0) is 19.8. The molecule has 1 saturated heterocycles. The summed E-state index contributed by atoms with van der Waals surface area (Å²) in [7, 11) is 0. The zero-order valence-electron chi connectivity index (χ0n) is 16.2. The van der Waals surface area contributed by atoms with Crippen LogP contribution in [0.5, 0.6) is 0 Å². The SMILES string of the molecule is O=C1C=C(N2CCN(Cc3ccccc3)CC2)C(=O)c2cc3ccccc3cc21. The van der Waals surface area contributed by atoms with Gasteiger partial charge in [-0.3, -0.25) is 14.5 Å². The van der Waals surface area contributed by atoms with Crippen LogP contribution in [0.2, 0.25) is 0 Å². The Hall–Kier alpha value is -3.24. The van der Waals surface area contributed by atoms with Crippen molar-refractivity contribution >= 4 is 22.3 Å². The molecule has 0 aromatic heterocycles. The molecule has 29 heavy (non-hydrogen) atoms. The van der Waals surface area contributed by atoms with Gasteiger partial charge >= 0.3 is 0 Å². The minimum atomic E-state index is -0.0768. The molecule has 0 N–H and O–H groups in total. The lowest BCUT2D eigenvalue weighted by Crippen LogP contribution is -2.47. The summed E-state index contributed by atoms with van der Waals surface area (Å²) >= 11 is 0. The number of Topliss-reactive ketones (excluding diaryl/α,β-unsaturated/α-hetero) is 1. The van der Waals surface area contributed by atoms with Crippen LogP contribution in [-0.2, 0) is 6.54 Å². The Bertz CT molecular complexity index is 1130. The molecule has 0 bridgehead atoms. The summed E-state index contributed by atoms with van der Waals surface area (Å²) in [5, 5.41) is 1.97. The van der Waals surface area contributed by atoms with Gasteiger partial charge in [0.05, 0.1) is 5.70 Å². The van der Waals surface area contributed by atoms with Gasteiger partial charge in [-0.05, 0) is 28.5 Å². The molecule has 144 valence electrons. The standard InChI is InChI=1S/C25H22N2O2/c28-24-16-23(25(29)22-15-20-9-5-4-8-19(20)14-21(22)24)27-12-10-26(11-13-27)17-18-6-2-1-3-7-18/h1-9,14-16H,10-13,17H2. The van der Waals surface area contributed by atoms with E-state index in [1.54, 1.807) is 0 Å². The fourth-order valence-corrected chi connectivity index (χ4v) is 4.26. The number of carbonyl (C=O) groups excluding carboxylic acids is 2. The summed E-state index contributed by atoms with van der Waals surface area (Å²) in [6.45, 7) is 4.16. The van der Waals surface area contributed by atoms with Gasteiger partial charge in [-0.25, -0.2) is 0 Å². The molecule has 0 unspecified atom stereocenters. The van der Waals surface area contributed by atoms with E-state index in [9.17, 15) is 9.59 Å². The second-order valence-electron chi connectivity index (χ2n) is 7.72. The first-order chi connectivity index (χ1) is 14.2. The topological polar surface area (TPSA) is 40.6 Å². The largest absolute Gasteiger partial charge is 0.366 e. The third-order valence-corrected chi connectivity index (χ3v) is 5.86. The first-order valence-electron chi connectivity index (χ1n) is 10.0. The van der Waals surface area contributed by atoms with E-state index >= 15 is 0 Å². The van der Waals surface area contributed by atoms with E-state index in [0.717, 1.165) is 43.5 Å². The van der Waals surface area contributed by atoms with E-state index in [-0.39, 0.29) is 11.6 Å². The van der Waals surface area contributed by atoms with Crippen LogP contribution in [0, 0.1) is 0 Å². The first kappa shape index (κ1) is 17.8. The Morgan fingerprint density at radius 3 is 2.03 bits per heavy atom. The number of carbonyl (C=O) groups is 2. The van der Waals surface area contributed by atoms with Crippen molar-refractivity contribution in [1.82, 2.24) is 9.80 Å². The maximum Gasteiger partial charge on any atom is 0.209 e. The fraction of sp³-hybridized carbons (Fsp3) is 0.200. The Morgan fingerprint density at radius 1 is 0.724 bits per heavy atom. The van der Waals surface area contributed by atoms with E-state index in [0.29, 0.717) is 16.8 Å². The van der Waals surface area contributed by atoms with Gasteiger partial charge in [-0.15, -0.1) is 0 Å². The highest BCUT2D eigenvalue weighted by atomic mass is 16.1. The van der Waals surface area contributed by atoms with Gasteiger partial charge in [0.25, 0.3) is 0 Å². The molecule has 4 nitrogen and oxygen atoms in total. The van der Waals surface area contributed by atoms with E-state index in [1.165, 1.54) is 11.6 Å². The molecule has 0 amide bonds. The summed E-state index contributed by atoms with van der Waals surface area (Å²) in [6.07, 6.45) is 1.53. The molecular formula is C25H22N2O2. The Labute approximate surface area is 170 Å². The van der Waals surface area contributed by atoms with Gasteiger partial charge in [-0.1, -0.05) is 54.6 Å². The monoisotopic (exact) mass is 382 g/mol. The number of fused-ring (bicyclic) bond motifs is 2. The highest BCUT2D eigenvalue weighted by Gasteiger charge is 2.31. The molecule has 1 aliphatic heterocycles. The lowest BCUT2D eigenvalue weighted by Gasteiger charge is -2.37. The lowest BCUT2D eigenvalue weighted by atomic mass is 9.89. The smallest absolute Gasteiger partial charge is 0.209 e. The highest BCUT2D eigenvalue weighted by Crippen LogP contribution is 2.28. The van der Waals surface area contributed by atoms with E-state index in [1.807, 2.05) is 42.5 Å². The second-order valence-corrected chi connectivity index (χ2v) is 7.72. The van der Waals surface area contributed by atoms with Gasteiger partial charge < -0.3 is 4.90 Å². The van der Waals surface area contributed by atoms with Gasteiger partial charge in [0, 0.05) is 49.9 Å². The third-order valence-electron chi connectivity index (χ3n) is 5.86. The predicted molar refractivity (Wildman–Crippen MR) is 114 cm³/mol. The van der Waals surface area contributed by atoms with E-state index in [2.05, 4.69) is 34.1 Å². The van der Waals surface area contributed by atoms with Crippen molar-refractivity contribution in [3.05, 3.63) is 95.2 Å². The van der Waals surface area contributed by atoms with Gasteiger partial charge in [0.2, 0.25) is 5.78 Å². The molecule has 1 fully saturated rings. The molecule has 0 spiro atoms. The summed E-state index contributed by atoms with van der Waals surface area (Å²) < 4.78 is 0. The van der Waals surface area contributed by atoms with Crippen LogP contribution in [0.25, 0.3) is 10.8 Å². The molecule has 2 aliphatic rings. The average molecular weight is 382 g/mol. The minimum Gasteiger partial charge on any atom is -0.366 e. The van der Waals surface area contributed by atoms with Crippen molar-refractivity contribution in [3.8, 4) is 0 Å². The normalized spacial score (nSPS) is 17.4. The predicted octanol–water partition coefficient (Wildman–Crippen LogP) is 3.92. The number of allylic oxidation sites excluding steroid dienone is 2. The quantitative estimate of drug-likeness (QED) is 0.688. The molecule has 0 radical (unpaired) electrons. The lowest BCUT2D eigenvalue weighted by molar-refractivity contribution is 0.0911. The number of ketones is 2. The number of hydrogen-bond donors (Lipinski definition) is 0. The fourth-order valence-electron chi connectivity index (χ4n) is 4.26. The number of rotatable bonds is 3. The van der Waals surface area contributed by atoms with Crippen LogP contribution in [0.4, 0.5) is 0 Å². The van der Waals surface area contributed by atoms with Crippen molar-refractivity contribution < 1.29 is 9.59 Å². The molecule has 3 aromatic rings. The van der Waals surface area contributed by atoms with Crippen LogP contribution in [0.1, 0.15) is 26.3 Å². The maximum atomic E-state index is 13.2. The maximum absolute atomic E-state index is 13.2. The van der Waals surface area contributed by atoms with Crippen LogP contribution < -0.4 is 0 Å². The minimum absolute atomic E-state index is 0.0399. The average Bonchev–Trinajstić information content (AvgIpc) is 2.77. The molecule has 4 heteroatoms. The zero-order valence-corrected chi connectivity index (χ0v) is 16.2. The number of piperazine rings is 1. The number of benzene rings is 3. The summed E-state index contributed by atoms with van der Waals surface area (Å²) in [4.78, 5) is 30.4. The highest BCUT2D eigenvalue weighted by molar-refractivity contribution is 6.25. The van der Waals surface area contributed by atoms with Gasteiger partial charge in [0.1, 0.15) is 0 Å². The van der Waals surface area contributed by atoms with Crippen molar-refractivity contribution in [2.24, 2.45) is 0 Å². The summed E-state index contributed by atoms with van der Waals surface area (Å²) in [5.41, 5.74) is 2.88. The molecule has 3 aromatic carbocycles. The summed E-state index contributed by atoms with van der Waals surface area (Å²) in [5.74, 6) is -0.117. The Balaban J connectivity index is 1.35. The van der Waals surface area contributed by atoms with Gasteiger partial charge in [0.15, 0.2) is 5.78 Å². The second kappa shape index (κ2) is 7.30. The molecule has 0 saturated carbocycles. The van der Waals surface area contributed by atoms with Crippen molar-refractivity contribution in [1.29, 1.82) is 0 Å². The number of hydrogen-bond acceptors (Lipinski definition) is 4. The van der Waals surface area contributed by atoms with Crippen molar-refractivity contribution in [2.75, 3.05) is 26.2 Å². The molecule has 1 aliphatic carbocycles. The van der Waals surface area contributed by atoms with E-state index in [4.69, 9.17) is 0 Å². The van der Waals surface area contributed by atoms with Gasteiger partial charge in [-0.2, -0.15) is 0 Å². The van der Waals surface area contributed by atoms with Crippen molar-refractivity contribution in [2.45, 2.75) is 6.54 Å². The number of nitrogens with zero attached hydrogens (tertiary/aromatic N) is 2. The van der Waals surface area contributed by atoms with Crippen molar-refractivity contribution in [3.63, 3.8) is 0 Å². The Kier molecular flexibility index (Phi) is 4.49. The molecule has 1 heterocycles. The Morgan fingerprint density at radius 2 is 1.34 bits per heavy atom. The van der Waals surface area contributed by atoms with Crippen LogP contribution in [0.3, 0.4) is 0 Å². The first-order valence-corrected chi connectivity index (χ1v) is 10.0. The van der Waals surface area contributed by atoms with E-state index < -0.39 is 0 Å².